The Morgan fingerprint density at radius 1 is 1.69 bits per heavy atom. The monoisotopic (exact) mass is 182 g/mol. The number of carbonyl (C=O) groups excluding carboxylic acids is 1. The van der Waals surface area contributed by atoms with Crippen LogP contribution in [-0.4, -0.2) is 29.7 Å². The van der Waals surface area contributed by atoms with E-state index < -0.39 is 0 Å². The number of hydrogen-bond acceptors (Lipinski definition) is 3. The zero-order valence-electron chi connectivity index (χ0n) is 7.69. The maximum atomic E-state index is 11.6. The summed E-state index contributed by atoms with van der Waals surface area (Å²) in [7, 11) is 0. The first-order valence-electron chi connectivity index (χ1n) is 5.01. The van der Waals surface area contributed by atoms with Crippen LogP contribution in [0.15, 0.2) is 0 Å². The molecule has 0 spiro atoms. The summed E-state index contributed by atoms with van der Waals surface area (Å²) in [6.07, 6.45) is 2.22. The number of aliphatic hydroxyl groups excluding tert-OH is 1. The summed E-state index contributed by atoms with van der Waals surface area (Å²) >= 11 is 0. The van der Waals surface area contributed by atoms with Gasteiger partial charge in [0.05, 0.1) is 24.2 Å². The first-order chi connectivity index (χ1) is 6.21. The Labute approximate surface area is 77.1 Å². The Hall–Kier alpha value is -0.410. The molecule has 3 heteroatoms. The Balaban J connectivity index is 1.84. The molecule has 13 heavy (non-hydrogen) atoms. The Morgan fingerprint density at radius 3 is 2.85 bits per heavy atom. The minimum absolute atomic E-state index is 0.0355. The molecule has 3 rings (SSSR count). The summed E-state index contributed by atoms with van der Waals surface area (Å²) < 4.78 is 5.39. The molecule has 72 valence electrons. The number of rotatable bonds is 2. The minimum atomic E-state index is -0.366. The lowest BCUT2D eigenvalue weighted by molar-refractivity contribution is -0.124. The summed E-state index contributed by atoms with van der Waals surface area (Å²) in [6.45, 7) is 2.07. The molecule has 0 bridgehead atoms. The smallest absolute Gasteiger partial charge is 0.142 e. The second-order valence-electron chi connectivity index (χ2n) is 4.60. The molecule has 0 aromatic rings. The molecule has 0 amide bonds. The van der Waals surface area contributed by atoms with Crippen LogP contribution in [0.25, 0.3) is 0 Å². The van der Waals surface area contributed by atoms with Crippen LogP contribution in [0.5, 0.6) is 0 Å². The number of hydrogen-bond donors (Lipinski definition) is 1. The molecule has 0 unspecified atom stereocenters. The van der Waals surface area contributed by atoms with Crippen molar-refractivity contribution in [2.45, 2.75) is 32.0 Å². The van der Waals surface area contributed by atoms with E-state index in [9.17, 15) is 9.90 Å². The van der Waals surface area contributed by atoms with Gasteiger partial charge in [0, 0.05) is 12.3 Å². The van der Waals surface area contributed by atoms with Crippen LogP contribution in [0.4, 0.5) is 0 Å². The van der Waals surface area contributed by atoms with Gasteiger partial charge >= 0.3 is 0 Å². The molecule has 0 aromatic heterocycles. The largest absolute Gasteiger partial charge is 0.395 e. The second kappa shape index (κ2) is 2.15. The highest BCUT2D eigenvalue weighted by Gasteiger charge is 2.76. The second-order valence-corrected chi connectivity index (χ2v) is 4.60. The van der Waals surface area contributed by atoms with Crippen LogP contribution in [-0.2, 0) is 9.53 Å². The summed E-state index contributed by atoms with van der Waals surface area (Å²) in [4.78, 5) is 11.6. The summed E-state index contributed by atoms with van der Waals surface area (Å²) in [5.74, 6) is 1.04. The highest BCUT2D eigenvalue weighted by Crippen LogP contribution is 2.70. The van der Waals surface area contributed by atoms with E-state index in [0.717, 1.165) is 6.42 Å². The topological polar surface area (TPSA) is 49.8 Å². The van der Waals surface area contributed by atoms with Crippen molar-refractivity contribution in [1.29, 1.82) is 0 Å². The van der Waals surface area contributed by atoms with Crippen LogP contribution >= 0.6 is 0 Å². The Morgan fingerprint density at radius 2 is 2.38 bits per heavy atom. The van der Waals surface area contributed by atoms with Crippen molar-refractivity contribution in [3.8, 4) is 0 Å². The van der Waals surface area contributed by atoms with Gasteiger partial charge < -0.3 is 9.84 Å². The third-order valence-electron chi connectivity index (χ3n) is 4.16. The van der Waals surface area contributed by atoms with Crippen LogP contribution in [0, 0.1) is 17.3 Å². The van der Waals surface area contributed by atoms with E-state index in [0.29, 0.717) is 24.4 Å². The Kier molecular flexibility index (Phi) is 1.31. The van der Waals surface area contributed by atoms with E-state index in [-0.39, 0.29) is 23.9 Å². The van der Waals surface area contributed by atoms with Crippen molar-refractivity contribution >= 4 is 5.78 Å². The number of epoxide rings is 1. The van der Waals surface area contributed by atoms with Crippen LogP contribution in [0.2, 0.25) is 0 Å². The molecule has 3 nitrogen and oxygen atoms in total. The van der Waals surface area contributed by atoms with Crippen LogP contribution < -0.4 is 0 Å². The summed E-state index contributed by atoms with van der Waals surface area (Å²) in [6, 6.07) is 0. The van der Waals surface area contributed by atoms with Gasteiger partial charge in [-0.05, 0) is 19.3 Å². The van der Waals surface area contributed by atoms with Gasteiger partial charge in [0.25, 0.3) is 0 Å². The molecule has 1 saturated heterocycles. The van der Waals surface area contributed by atoms with E-state index in [4.69, 9.17) is 4.74 Å². The van der Waals surface area contributed by atoms with E-state index in [1.165, 1.54) is 0 Å². The summed E-state index contributed by atoms with van der Waals surface area (Å²) in [5, 5.41) is 9.29. The molecule has 5 atom stereocenters. The molecular formula is C10H14O3. The van der Waals surface area contributed by atoms with Gasteiger partial charge in [-0.25, -0.2) is 0 Å². The van der Waals surface area contributed by atoms with Crippen molar-refractivity contribution in [3.63, 3.8) is 0 Å². The standard InChI is InChI=1S/C10H14O3/c1-5-9(13-5)8-6-2-3-7(12)10(6,8)4-11/h5-6,8-9,11H,2-4H2,1H3/t5-,6+,8-,9-,10-/m1/s1. The van der Waals surface area contributed by atoms with Crippen LogP contribution in [0.3, 0.4) is 0 Å². The fourth-order valence-corrected chi connectivity index (χ4v) is 3.31. The van der Waals surface area contributed by atoms with Gasteiger partial charge in [0.15, 0.2) is 0 Å². The van der Waals surface area contributed by atoms with Gasteiger partial charge in [-0.15, -0.1) is 0 Å². The van der Waals surface area contributed by atoms with E-state index in [1.807, 2.05) is 6.92 Å². The normalized spacial score (nSPS) is 57.8. The zero-order valence-corrected chi connectivity index (χ0v) is 7.69. The third kappa shape index (κ3) is 0.754. The van der Waals surface area contributed by atoms with Gasteiger partial charge in [-0.3, -0.25) is 4.79 Å². The molecule has 1 aliphatic heterocycles. The number of aliphatic hydroxyl groups is 1. The number of fused-ring (bicyclic) bond motifs is 1. The quantitative estimate of drug-likeness (QED) is 0.627. The number of carbonyl (C=O) groups is 1. The highest BCUT2D eigenvalue weighted by atomic mass is 16.6. The molecule has 1 N–H and O–H groups in total. The lowest BCUT2D eigenvalue weighted by atomic mass is 9.97. The first-order valence-corrected chi connectivity index (χ1v) is 5.01. The first kappa shape index (κ1) is 7.94. The average Bonchev–Trinajstić information content (AvgIpc) is 2.94. The van der Waals surface area contributed by atoms with Crippen molar-refractivity contribution in [2.75, 3.05) is 6.61 Å². The van der Waals surface area contributed by atoms with Gasteiger partial charge in [0.2, 0.25) is 0 Å². The predicted octanol–water partition coefficient (Wildman–Crippen LogP) is 0.361. The molecular weight excluding hydrogens is 168 g/mol. The molecule has 0 radical (unpaired) electrons. The van der Waals surface area contributed by atoms with Gasteiger partial charge in [-0.1, -0.05) is 0 Å². The fourth-order valence-electron chi connectivity index (χ4n) is 3.31. The third-order valence-corrected chi connectivity index (χ3v) is 4.16. The van der Waals surface area contributed by atoms with E-state index in [1.54, 1.807) is 0 Å². The van der Waals surface area contributed by atoms with Crippen molar-refractivity contribution in [1.82, 2.24) is 0 Å². The van der Waals surface area contributed by atoms with Crippen molar-refractivity contribution in [2.24, 2.45) is 17.3 Å². The van der Waals surface area contributed by atoms with E-state index >= 15 is 0 Å². The van der Waals surface area contributed by atoms with Crippen molar-refractivity contribution < 1.29 is 14.6 Å². The minimum Gasteiger partial charge on any atom is -0.395 e. The Bertz CT molecular complexity index is 275. The molecule has 2 saturated carbocycles. The van der Waals surface area contributed by atoms with Crippen molar-refractivity contribution in [3.05, 3.63) is 0 Å². The fraction of sp³-hybridized carbons (Fsp3) is 0.900. The molecule has 0 aromatic carbocycles. The molecule has 2 aliphatic carbocycles. The number of Topliss-reactive ketones (excluding diaryl/α,β-unsaturated/α-hetero) is 1. The molecule has 3 aliphatic rings. The number of ether oxygens (including phenoxy) is 1. The van der Waals surface area contributed by atoms with Gasteiger partial charge in [0.1, 0.15) is 5.78 Å². The van der Waals surface area contributed by atoms with E-state index in [2.05, 4.69) is 0 Å². The lowest BCUT2D eigenvalue weighted by Gasteiger charge is -2.08. The van der Waals surface area contributed by atoms with Gasteiger partial charge in [-0.2, -0.15) is 0 Å². The maximum absolute atomic E-state index is 11.6. The van der Waals surface area contributed by atoms with Crippen LogP contribution in [0.1, 0.15) is 19.8 Å². The molecule has 1 heterocycles. The number of ketones is 1. The zero-order chi connectivity index (χ0) is 9.22. The molecule has 3 fully saturated rings. The average molecular weight is 182 g/mol. The summed E-state index contributed by atoms with van der Waals surface area (Å²) in [5.41, 5.74) is -0.366. The maximum Gasteiger partial charge on any atom is 0.142 e. The predicted molar refractivity (Wildman–Crippen MR) is 45.1 cm³/mol. The highest BCUT2D eigenvalue weighted by molar-refractivity contribution is 5.92. The lowest BCUT2D eigenvalue weighted by Crippen LogP contribution is -2.22. The SMILES string of the molecule is C[C@H]1O[C@H]1[C@H]1[C@@H]2CCC(=O)[C@]12CO.